The largest absolute Gasteiger partial charge is 0.349 e. The van der Waals surface area contributed by atoms with Gasteiger partial charge in [-0.1, -0.05) is 0 Å². The molecule has 0 saturated carbocycles. The Labute approximate surface area is 149 Å². The van der Waals surface area contributed by atoms with Crippen LogP contribution in [0.5, 0.6) is 0 Å². The second-order valence-corrected chi connectivity index (χ2v) is 5.95. The Hall–Kier alpha value is -3.36. The van der Waals surface area contributed by atoms with Crippen molar-refractivity contribution < 1.29 is 4.79 Å². The lowest BCUT2D eigenvalue weighted by Crippen LogP contribution is -2.32. The number of carbonyl (C=O) groups is 1. The first-order valence-corrected chi connectivity index (χ1v) is 8.12. The minimum Gasteiger partial charge on any atom is -0.349 e. The molecule has 3 aromatic heterocycles. The van der Waals surface area contributed by atoms with Crippen molar-refractivity contribution in [2.45, 2.75) is 27.3 Å². The van der Waals surface area contributed by atoms with E-state index in [1.54, 1.807) is 23.7 Å². The van der Waals surface area contributed by atoms with Crippen LogP contribution in [0.2, 0.25) is 0 Å². The molecule has 134 valence electrons. The van der Waals surface area contributed by atoms with E-state index in [2.05, 4.69) is 25.6 Å². The van der Waals surface area contributed by atoms with Crippen LogP contribution in [-0.2, 0) is 6.54 Å². The zero-order valence-electron chi connectivity index (χ0n) is 14.8. The van der Waals surface area contributed by atoms with Crippen LogP contribution in [0, 0.1) is 20.8 Å². The second kappa shape index (κ2) is 7.26. The van der Waals surface area contributed by atoms with Crippen LogP contribution in [0.3, 0.4) is 0 Å². The summed E-state index contributed by atoms with van der Waals surface area (Å²) in [6.07, 6.45) is 2.96. The molecule has 3 rings (SSSR count). The Balaban J connectivity index is 1.62. The predicted molar refractivity (Wildman–Crippen MR) is 94.2 cm³/mol. The monoisotopic (exact) mass is 353 g/mol. The third-order valence-corrected chi connectivity index (χ3v) is 3.82. The van der Waals surface area contributed by atoms with E-state index >= 15 is 0 Å². The summed E-state index contributed by atoms with van der Waals surface area (Å²) in [7, 11) is 0. The van der Waals surface area contributed by atoms with E-state index in [0.29, 0.717) is 17.9 Å². The fraction of sp³-hybridized carbons (Fsp3) is 0.294. The number of aromatic nitrogens is 6. The first-order chi connectivity index (χ1) is 12.5. The van der Waals surface area contributed by atoms with E-state index in [1.165, 1.54) is 17.1 Å². The molecule has 0 bridgehead atoms. The molecule has 0 aliphatic carbocycles. The average Bonchev–Trinajstić information content (AvgIpc) is 2.97. The highest BCUT2D eigenvalue weighted by Crippen LogP contribution is 2.08. The van der Waals surface area contributed by atoms with E-state index in [0.717, 1.165) is 11.4 Å². The Kier molecular flexibility index (Phi) is 4.87. The Morgan fingerprint density at radius 3 is 2.65 bits per heavy atom. The molecule has 0 atom stereocenters. The number of hydrogen-bond acceptors (Lipinski definition) is 6. The van der Waals surface area contributed by atoms with Crippen LogP contribution in [0.4, 0.5) is 0 Å². The molecule has 9 nitrogen and oxygen atoms in total. The minimum atomic E-state index is -0.355. The molecule has 0 aliphatic rings. The minimum absolute atomic E-state index is 0.122. The standard InChI is InChI=1S/C17H19N7O2/c1-11-9-18-10-23(17(11)26)7-6-19-16(25)14-4-5-15(21-20-14)24-13(3)8-12(2)22-24/h4-5,8-10H,6-7H2,1-3H3,(H,19,25). The normalized spacial score (nSPS) is 10.7. The summed E-state index contributed by atoms with van der Waals surface area (Å²) in [5, 5.41) is 15.1. The summed E-state index contributed by atoms with van der Waals surface area (Å²) < 4.78 is 3.12. The number of nitrogens with one attached hydrogen (secondary N) is 1. The van der Waals surface area contributed by atoms with Crippen LogP contribution in [-0.4, -0.2) is 42.0 Å². The van der Waals surface area contributed by atoms with Crippen molar-refractivity contribution in [1.82, 2.24) is 34.8 Å². The van der Waals surface area contributed by atoms with Crippen LogP contribution >= 0.6 is 0 Å². The van der Waals surface area contributed by atoms with Crippen LogP contribution < -0.4 is 10.9 Å². The molecule has 0 radical (unpaired) electrons. The Bertz CT molecular complexity index is 989. The highest BCUT2D eigenvalue weighted by atomic mass is 16.2. The Morgan fingerprint density at radius 1 is 1.19 bits per heavy atom. The summed E-state index contributed by atoms with van der Waals surface area (Å²) in [6, 6.07) is 5.22. The van der Waals surface area contributed by atoms with E-state index in [1.807, 2.05) is 19.9 Å². The second-order valence-electron chi connectivity index (χ2n) is 5.95. The molecule has 1 N–H and O–H groups in total. The van der Waals surface area contributed by atoms with Crippen molar-refractivity contribution >= 4 is 5.91 Å². The van der Waals surface area contributed by atoms with Gasteiger partial charge in [-0.2, -0.15) is 5.10 Å². The summed E-state index contributed by atoms with van der Waals surface area (Å²) >= 11 is 0. The lowest BCUT2D eigenvalue weighted by molar-refractivity contribution is 0.0946. The van der Waals surface area contributed by atoms with Gasteiger partial charge in [-0.05, 0) is 39.0 Å². The van der Waals surface area contributed by atoms with Crippen molar-refractivity contribution in [2.75, 3.05) is 6.54 Å². The van der Waals surface area contributed by atoms with Gasteiger partial charge in [0.1, 0.15) is 0 Å². The molecule has 0 aliphatic heterocycles. The smallest absolute Gasteiger partial charge is 0.271 e. The summed E-state index contributed by atoms with van der Waals surface area (Å²) in [4.78, 5) is 28.0. The zero-order valence-corrected chi connectivity index (χ0v) is 14.8. The molecular formula is C17H19N7O2. The molecule has 26 heavy (non-hydrogen) atoms. The number of hydrogen-bond donors (Lipinski definition) is 1. The fourth-order valence-electron chi connectivity index (χ4n) is 2.52. The van der Waals surface area contributed by atoms with E-state index in [-0.39, 0.29) is 23.7 Å². The maximum absolute atomic E-state index is 12.2. The molecule has 0 saturated heterocycles. The fourth-order valence-corrected chi connectivity index (χ4v) is 2.52. The van der Waals surface area contributed by atoms with Crippen molar-refractivity contribution in [1.29, 1.82) is 0 Å². The third-order valence-electron chi connectivity index (χ3n) is 3.82. The Morgan fingerprint density at radius 2 is 2.00 bits per heavy atom. The molecule has 1 amide bonds. The maximum Gasteiger partial charge on any atom is 0.271 e. The van der Waals surface area contributed by atoms with Crippen molar-refractivity contribution in [3.05, 3.63) is 63.7 Å². The van der Waals surface area contributed by atoms with Gasteiger partial charge < -0.3 is 5.32 Å². The molecule has 3 heterocycles. The van der Waals surface area contributed by atoms with Gasteiger partial charge in [0.05, 0.1) is 12.0 Å². The van der Waals surface area contributed by atoms with E-state index in [9.17, 15) is 9.59 Å². The zero-order chi connectivity index (χ0) is 18.7. The molecule has 0 spiro atoms. The quantitative estimate of drug-likeness (QED) is 0.719. The molecule has 0 fully saturated rings. The van der Waals surface area contributed by atoms with Crippen LogP contribution in [0.15, 0.2) is 35.5 Å². The van der Waals surface area contributed by atoms with Gasteiger partial charge in [0, 0.05) is 30.5 Å². The number of nitrogens with zero attached hydrogens (tertiary/aromatic N) is 6. The molecule has 3 aromatic rings. The van der Waals surface area contributed by atoms with Crippen LogP contribution in [0.1, 0.15) is 27.4 Å². The number of carbonyl (C=O) groups excluding carboxylic acids is 1. The first kappa shape index (κ1) is 17.5. The third kappa shape index (κ3) is 3.66. The van der Waals surface area contributed by atoms with Gasteiger partial charge in [0.2, 0.25) is 0 Å². The number of rotatable bonds is 5. The van der Waals surface area contributed by atoms with Crippen molar-refractivity contribution in [3.63, 3.8) is 0 Å². The highest BCUT2D eigenvalue weighted by molar-refractivity contribution is 5.92. The summed E-state index contributed by atoms with van der Waals surface area (Å²) in [5.74, 6) is 0.190. The van der Waals surface area contributed by atoms with Crippen molar-refractivity contribution in [2.24, 2.45) is 0 Å². The molecule has 0 unspecified atom stereocenters. The lowest BCUT2D eigenvalue weighted by atomic mass is 10.3. The summed E-state index contributed by atoms with van der Waals surface area (Å²) in [5.41, 5.74) is 2.45. The van der Waals surface area contributed by atoms with Gasteiger partial charge in [0.25, 0.3) is 11.5 Å². The van der Waals surface area contributed by atoms with E-state index in [4.69, 9.17) is 0 Å². The number of aryl methyl sites for hydroxylation is 3. The average molecular weight is 353 g/mol. The molecule has 0 aromatic carbocycles. The van der Waals surface area contributed by atoms with Crippen molar-refractivity contribution in [3.8, 4) is 5.82 Å². The van der Waals surface area contributed by atoms with Gasteiger partial charge in [-0.15, -0.1) is 10.2 Å². The van der Waals surface area contributed by atoms with Gasteiger partial charge in [0.15, 0.2) is 11.5 Å². The number of amides is 1. The topological polar surface area (TPSA) is 108 Å². The SMILES string of the molecule is Cc1cc(C)n(-c2ccc(C(=O)NCCn3cncc(C)c3=O)nn2)n1. The van der Waals surface area contributed by atoms with Gasteiger partial charge >= 0.3 is 0 Å². The lowest BCUT2D eigenvalue weighted by Gasteiger charge is -2.07. The van der Waals surface area contributed by atoms with Gasteiger partial charge in [-0.3, -0.25) is 14.2 Å². The highest BCUT2D eigenvalue weighted by Gasteiger charge is 2.10. The maximum atomic E-state index is 12.2. The van der Waals surface area contributed by atoms with E-state index < -0.39 is 0 Å². The van der Waals surface area contributed by atoms with Gasteiger partial charge in [-0.25, -0.2) is 9.67 Å². The molecular weight excluding hydrogens is 334 g/mol. The summed E-state index contributed by atoms with van der Waals surface area (Å²) in [6.45, 7) is 6.13. The molecule has 9 heteroatoms. The predicted octanol–water partition coefficient (Wildman–Crippen LogP) is 0.574. The van der Waals surface area contributed by atoms with Crippen LogP contribution in [0.25, 0.3) is 5.82 Å². The first-order valence-electron chi connectivity index (χ1n) is 8.12.